The summed E-state index contributed by atoms with van der Waals surface area (Å²) in [4.78, 5) is 10.4. The maximum absolute atomic E-state index is 10.4. The summed E-state index contributed by atoms with van der Waals surface area (Å²) in [5, 5.41) is 17.7. The molecular weight excluding hydrogens is 180 g/mol. The van der Waals surface area contributed by atoms with Crippen molar-refractivity contribution in [3.63, 3.8) is 0 Å². The van der Waals surface area contributed by atoms with Gasteiger partial charge in [0.05, 0.1) is 6.42 Å². The van der Waals surface area contributed by atoms with Crippen LogP contribution in [0, 0.1) is 0 Å². The molecule has 74 valence electrons. The van der Waals surface area contributed by atoms with Gasteiger partial charge in [0.15, 0.2) is 0 Å². The second-order valence-electron chi connectivity index (χ2n) is 3.17. The van der Waals surface area contributed by atoms with Gasteiger partial charge in [-0.3, -0.25) is 4.79 Å². The van der Waals surface area contributed by atoms with Crippen LogP contribution in [0.4, 0.5) is 0 Å². The van der Waals surface area contributed by atoms with Crippen LogP contribution in [0.25, 0.3) is 0 Å². The molecule has 0 saturated carbocycles. The van der Waals surface area contributed by atoms with Crippen molar-refractivity contribution < 1.29 is 15.0 Å². The molecule has 0 fully saturated rings. The third-order valence-electron chi connectivity index (χ3n) is 1.77. The maximum atomic E-state index is 10.4. The van der Waals surface area contributed by atoms with Crippen molar-refractivity contribution in [2.45, 2.75) is 12.8 Å². The van der Waals surface area contributed by atoms with Crippen molar-refractivity contribution in [1.82, 2.24) is 0 Å². The number of benzene rings is 1. The molecule has 0 radical (unpaired) electrons. The second-order valence-corrected chi connectivity index (χ2v) is 3.17. The van der Waals surface area contributed by atoms with E-state index in [0.29, 0.717) is 12.0 Å². The van der Waals surface area contributed by atoms with E-state index in [1.54, 1.807) is 18.2 Å². The molecule has 0 unspecified atom stereocenters. The molecule has 0 amide bonds. The molecule has 0 saturated heterocycles. The lowest BCUT2D eigenvalue weighted by Gasteiger charge is -2.03. The largest absolute Gasteiger partial charge is 0.508 e. The standard InChI is InChI=1S/C11H12O3/c1-8(6-11(13)14)5-9-3-2-4-10(12)7-9/h2-4,7,12H,1,5-6H2,(H,13,14). The topological polar surface area (TPSA) is 57.5 Å². The van der Waals surface area contributed by atoms with Crippen LogP contribution in [-0.2, 0) is 11.2 Å². The van der Waals surface area contributed by atoms with Gasteiger partial charge in [-0.05, 0) is 24.1 Å². The van der Waals surface area contributed by atoms with E-state index >= 15 is 0 Å². The lowest BCUT2D eigenvalue weighted by Crippen LogP contribution is -1.98. The van der Waals surface area contributed by atoms with E-state index in [4.69, 9.17) is 10.2 Å². The van der Waals surface area contributed by atoms with E-state index < -0.39 is 5.97 Å². The van der Waals surface area contributed by atoms with E-state index in [0.717, 1.165) is 5.56 Å². The lowest BCUT2D eigenvalue weighted by atomic mass is 10.0. The minimum atomic E-state index is -0.879. The van der Waals surface area contributed by atoms with Gasteiger partial charge in [0.1, 0.15) is 5.75 Å². The number of carboxylic acid groups (broad SMARTS) is 1. The Balaban J connectivity index is 2.60. The van der Waals surface area contributed by atoms with Gasteiger partial charge in [0.25, 0.3) is 0 Å². The third-order valence-corrected chi connectivity index (χ3v) is 1.77. The highest BCUT2D eigenvalue weighted by molar-refractivity contribution is 5.69. The van der Waals surface area contributed by atoms with E-state index in [1.807, 2.05) is 6.07 Å². The SMILES string of the molecule is C=C(CC(=O)O)Cc1cccc(O)c1. The predicted molar refractivity (Wildman–Crippen MR) is 53.2 cm³/mol. The molecule has 1 aromatic carbocycles. The zero-order valence-electron chi connectivity index (χ0n) is 7.73. The summed E-state index contributed by atoms with van der Waals surface area (Å²) in [5.41, 5.74) is 1.50. The monoisotopic (exact) mass is 192 g/mol. The molecule has 2 N–H and O–H groups in total. The normalized spacial score (nSPS) is 9.71. The fraction of sp³-hybridized carbons (Fsp3) is 0.182. The van der Waals surface area contributed by atoms with Crippen LogP contribution in [-0.4, -0.2) is 16.2 Å². The zero-order chi connectivity index (χ0) is 10.6. The van der Waals surface area contributed by atoms with Gasteiger partial charge >= 0.3 is 5.97 Å². The molecule has 0 atom stereocenters. The molecule has 0 aromatic heterocycles. The summed E-state index contributed by atoms with van der Waals surface area (Å²) in [6, 6.07) is 6.72. The van der Waals surface area contributed by atoms with E-state index in [-0.39, 0.29) is 12.2 Å². The van der Waals surface area contributed by atoms with Crippen LogP contribution in [0.3, 0.4) is 0 Å². The van der Waals surface area contributed by atoms with Gasteiger partial charge in [-0.15, -0.1) is 0 Å². The van der Waals surface area contributed by atoms with Gasteiger partial charge in [0, 0.05) is 0 Å². The number of hydrogen-bond donors (Lipinski definition) is 2. The van der Waals surface area contributed by atoms with Crippen molar-refractivity contribution in [2.24, 2.45) is 0 Å². The summed E-state index contributed by atoms with van der Waals surface area (Å²) in [6.45, 7) is 3.66. The molecule has 1 aromatic rings. The molecule has 3 nitrogen and oxygen atoms in total. The zero-order valence-corrected chi connectivity index (χ0v) is 7.73. The first-order chi connectivity index (χ1) is 6.58. The molecule has 0 heterocycles. The van der Waals surface area contributed by atoms with Gasteiger partial charge < -0.3 is 10.2 Å². The number of aliphatic carboxylic acids is 1. The summed E-state index contributed by atoms with van der Waals surface area (Å²) >= 11 is 0. The Hall–Kier alpha value is -1.77. The number of carboxylic acids is 1. The Morgan fingerprint density at radius 2 is 2.14 bits per heavy atom. The van der Waals surface area contributed by atoms with Crippen molar-refractivity contribution in [1.29, 1.82) is 0 Å². The minimum Gasteiger partial charge on any atom is -0.508 e. The third kappa shape index (κ3) is 3.31. The summed E-state index contributed by atoms with van der Waals surface area (Å²) in [6.07, 6.45) is 0.455. The van der Waals surface area contributed by atoms with Gasteiger partial charge in [0.2, 0.25) is 0 Å². The Labute approximate surface area is 82.3 Å². The van der Waals surface area contributed by atoms with Crippen LogP contribution >= 0.6 is 0 Å². The number of phenolic OH excluding ortho intramolecular Hbond substituents is 1. The first-order valence-electron chi connectivity index (χ1n) is 4.24. The molecule has 3 heteroatoms. The first kappa shape index (κ1) is 10.3. The first-order valence-corrected chi connectivity index (χ1v) is 4.24. The van der Waals surface area contributed by atoms with Crippen molar-refractivity contribution in [3.05, 3.63) is 42.0 Å². The Morgan fingerprint density at radius 1 is 1.43 bits per heavy atom. The van der Waals surface area contributed by atoms with Crippen LogP contribution < -0.4 is 0 Å². The fourth-order valence-electron chi connectivity index (χ4n) is 1.23. The second kappa shape index (κ2) is 4.46. The Kier molecular flexibility index (Phi) is 3.29. The quantitative estimate of drug-likeness (QED) is 0.717. The Bertz CT molecular complexity index is 355. The molecule has 0 aliphatic carbocycles. The van der Waals surface area contributed by atoms with Gasteiger partial charge in [-0.1, -0.05) is 24.3 Å². The van der Waals surface area contributed by atoms with E-state index in [2.05, 4.69) is 6.58 Å². The van der Waals surface area contributed by atoms with Crippen molar-refractivity contribution in [2.75, 3.05) is 0 Å². The van der Waals surface area contributed by atoms with Crippen LogP contribution in [0.2, 0.25) is 0 Å². The van der Waals surface area contributed by atoms with Crippen LogP contribution in [0.15, 0.2) is 36.4 Å². The summed E-state index contributed by atoms with van der Waals surface area (Å²) < 4.78 is 0. The number of rotatable bonds is 4. The van der Waals surface area contributed by atoms with Gasteiger partial charge in [-0.2, -0.15) is 0 Å². The number of aromatic hydroxyl groups is 1. The van der Waals surface area contributed by atoms with Crippen LogP contribution in [0.1, 0.15) is 12.0 Å². The number of carbonyl (C=O) groups is 1. The van der Waals surface area contributed by atoms with Crippen LogP contribution in [0.5, 0.6) is 5.75 Å². The highest BCUT2D eigenvalue weighted by atomic mass is 16.4. The molecule has 0 spiro atoms. The average molecular weight is 192 g/mol. The molecular formula is C11H12O3. The highest BCUT2D eigenvalue weighted by Crippen LogP contribution is 2.15. The lowest BCUT2D eigenvalue weighted by molar-refractivity contribution is -0.136. The Morgan fingerprint density at radius 3 is 2.71 bits per heavy atom. The smallest absolute Gasteiger partial charge is 0.307 e. The number of phenols is 1. The predicted octanol–water partition coefficient (Wildman–Crippen LogP) is 1.97. The fourth-order valence-corrected chi connectivity index (χ4v) is 1.23. The molecule has 0 aliphatic rings. The average Bonchev–Trinajstić information content (AvgIpc) is 2.01. The minimum absolute atomic E-state index is 0.0321. The highest BCUT2D eigenvalue weighted by Gasteiger charge is 2.03. The molecule has 0 aliphatic heterocycles. The van der Waals surface area contributed by atoms with E-state index in [9.17, 15) is 4.79 Å². The van der Waals surface area contributed by atoms with E-state index in [1.165, 1.54) is 0 Å². The van der Waals surface area contributed by atoms with Gasteiger partial charge in [-0.25, -0.2) is 0 Å². The maximum Gasteiger partial charge on any atom is 0.307 e. The summed E-state index contributed by atoms with van der Waals surface area (Å²) in [7, 11) is 0. The molecule has 1 rings (SSSR count). The van der Waals surface area contributed by atoms with Crippen molar-refractivity contribution in [3.8, 4) is 5.75 Å². The number of hydrogen-bond acceptors (Lipinski definition) is 2. The summed E-state index contributed by atoms with van der Waals surface area (Å²) in [5.74, 6) is -0.694. The van der Waals surface area contributed by atoms with Crippen molar-refractivity contribution >= 4 is 5.97 Å². The molecule has 14 heavy (non-hydrogen) atoms. The molecule has 0 bridgehead atoms.